The zero-order valence-electron chi connectivity index (χ0n) is 15.9. The number of carbonyl (C=O) groups is 2. The number of hydrogen-bond donors (Lipinski definition) is 9. The predicted octanol–water partition coefficient (Wildman–Crippen LogP) is -5.97. The first-order valence-corrected chi connectivity index (χ1v) is 9.06. The van der Waals surface area contributed by atoms with Crippen molar-refractivity contribution >= 4 is 11.7 Å². The van der Waals surface area contributed by atoms with Gasteiger partial charge in [-0.15, -0.1) is 0 Å². The molecule has 0 unspecified atom stereocenters. The summed E-state index contributed by atoms with van der Waals surface area (Å²) in [6.45, 7) is -0.789. The summed E-state index contributed by atoms with van der Waals surface area (Å²) in [7, 11) is 0. The molecule has 0 aromatic rings. The molecule has 2 saturated heterocycles. The van der Waals surface area contributed by atoms with Gasteiger partial charge >= 0.3 is 0 Å². The van der Waals surface area contributed by atoms with Crippen LogP contribution in [-0.2, 0) is 23.8 Å². The second kappa shape index (κ2) is 9.88. The van der Waals surface area contributed by atoms with E-state index in [-0.39, 0.29) is 0 Å². The highest BCUT2D eigenvalue weighted by Crippen LogP contribution is 2.32. The third kappa shape index (κ3) is 4.95. The van der Waals surface area contributed by atoms with Crippen molar-refractivity contribution in [2.24, 2.45) is 0 Å². The van der Waals surface area contributed by atoms with Gasteiger partial charge in [-0.3, -0.25) is 9.59 Å². The largest absolute Gasteiger partial charge is 0.394 e. The van der Waals surface area contributed by atoms with Crippen LogP contribution in [0, 0.1) is 0 Å². The van der Waals surface area contributed by atoms with Crippen LogP contribution in [0.1, 0.15) is 13.3 Å². The summed E-state index contributed by atoms with van der Waals surface area (Å²) in [6, 6.07) is 0. The number of rotatable bonds is 7. The highest BCUT2D eigenvalue weighted by Gasteiger charge is 2.56. The molecule has 2 heterocycles. The summed E-state index contributed by atoms with van der Waals surface area (Å²) in [4.78, 5) is 23.1. The minimum Gasteiger partial charge on any atom is -0.394 e. The molecule has 0 bridgehead atoms. The minimum atomic E-state index is -2.40. The molecule has 0 saturated carbocycles. The van der Waals surface area contributed by atoms with E-state index in [4.69, 9.17) is 14.2 Å². The lowest BCUT2D eigenvalue weighted by Gasteiger charge is -2.49. The van der Waals surface area contributed by atoms with Gasteiger partial charge in [0, 0.05) is 0 Å². The van der Waals surface area contributed by atoms with E-state index in [1.54, 1.807) is 0 Å². The topological polar surface area (TPSA) is 236 Å². The van der Waals surface area contributed by atoms with Crippen molar-refractivity contribution in [2.45, 2.75) is 74.4 Å². The van der Waals surface area contributed by atoms with Crippen molar-refractivity contribution in [3.05, 3.63) is 0 Å². The quantitative estimate of drug-likeness (QED) is 0.168. The van der Waals surface area contributed by atoms with Crippen LogP contribution in [0.4, 0.5) is 0 Å². The molecule has 30 heavy (non-hydrogen) atoms. The molecular formula is C16H27NO13. The third-order valence-electron chi connectivity index (χ3n) is 4.88. The standard InChI is InChI=1S/C16H27NO13/c1-5(20)2-7(21)17-16(4-19)13(26)9(23)11(25)15(30-16)29-12-6(3-18)28-14(27)10(24)8(12)22/h6,8-15,18-19,22-27H,2-4H2,1H3,(H,17,21)/t6-,8-,9-,10-,11-,12-,13-,14-,15+,16-/m1/s1. The maximum Gasteiger partial charge on any atom is 0.229 e. The second-order valence-corrected chi connectivity index (χ2v) is 7.22. The van der Waals surface area contributed by atoms with E-state index < -0.39 is 92.4 Å². The van der Waals surface area contributed by atoms with Gasteiger partial charge in [0.2, 0.25) is 5.91 Å². The van der Waals surface area contributed by atoms with Gasteiger partial charge in [-0.1, -0.05) is 0 Å². The molecule has 0 aromatic carbocycles. The van der Waals surface area contributed by atoms with E-state index in [0.717, 1.165) is 6.92 Å². The van der Waals surface area contributed by atoms with Gasteiger partial charge in [-0.05, 0) is 6.92 Å². The van der Waals surface area contributed by atoms with Gasteiger partial charge in [0.15, 0.2) is 18.3 Å². The number of amides is 1. The molecule has 14 heteroatoms. The number of carbonyl (C=O) groups excluding carboxylic acids is 2. The van der Waals surface area contributed by atoms with Crippen LogP contribution in [0.5, 0.6) is 0 Å². The van der Waals surface area contributed by atoms with E-state index >= 15 is 0 Å². The second-order valence-electron chi connectivity index (χ2n) is 7.22. The Balaban J connectivity index is 2.26. The molecule has 0 aromatic heterocycles. The number of Topliss-reactive ketones (excluding diaryl/α,β-unsaturated/α-hetero) is 1. The van der Waals surface area contributed by atoms with Crippen molar-refractivity contribution in [2.75, 3.05) is 13.2 Å². The lowest BCUT2D eigenvalue weighted by Crippen LogP contribution is -2.73. The Bertz CT molecular complexity index is 618. The van der Waals surface area contributed by atoms with E-state index in [9.17, 15) is 50.4 Å². The summed E-state index contributed by atoms with van der Waals surface area (Å²) in [5, 5.41) is 81.3. The molecule has 174 valence electrons. The van der Waals surface area contributed by atoms with Gasteiger partial charge in [-0.2, -0.15) is 0 Å². The van der Waals surface area contributed by atoms with Crippen molar-refractivity contribution in [3.63, 3.8) is 0 Å². The first-order valence-electron chi connectivity index (χ1n) is 9.06. The average Bonchev–Trinajstić information content (AvgIpc) is 2.69. The van der Waals surface area contributed by atoms with Gasteiger partial charge in [0.05, 0.1) is 19.6 Å². The van der Waals surface area contributed by atoms with Crippen LogP contribution in [0.25, 0.3) is 0 Å². The fraction of sp³-hybridized carbons (Fsp3) is 0.875. The van der Waals surface area contributed by atoms with Gasteiger partial charge < -0.3 is 60.4 Å². The Morgan fingerprint density at radius 1 is 1.00 bits per heavy atom. The Morgan fingerprint density at radius 2 is 1.63 bits per heavy atom. The SMILES string of the molecule is CC(=O)CC(=O)N[C@]1(CO)O[C@H](O[C@H]2[C@H](O)[C@@H](O)[C@H](O)O[C@@H]2CO)[C@H](O)[C@@H](O)[C@H]1O. The van der Waals surface area contributed by atoms with Crippen LogP contribution in [0.2, 0.25) is 0 Å². The first-order chi connectivity index (χ1) is 14.0. The molecule has 10 atom stereocenters. The fourth-order valence-corrected chi connectivity index (χ4v) is 3.25. The Hall–Kier alpha value is -1.30. The number of hydrogen-bond acceptors (Lipinski definition) is 13. The van der Waals surface area contributed by atoms with E-state index in [2.05, 4.69) is 5.32 Å². The molecule has 14 nitrogen and oxygen atoms in total. The summed E-state index contributed by atoms with van der Waals surface area (Å²) in [5.41, 5.74) is -2.40. The van der Waals surface area contributed by atoms with Crippen molar-refractivity contribution in [1.29, 1.82) is 0 Å². The zero-order valence-corrected chi connectivity index (χ0v) is 15.9. The average molecular weight is 441 g/mol. The summed E-state index contributed by atoms with van der Waals surface area (Å²) < 4.78 is 15.6. The van der Waals surface area contributed by atoms with Crippen LogP contribution in [0.15, 0.2) is 0 Å². The number of ketones is 1. The third-order valence-corrected chi connectivity index (χ3v) is 4.88. The maximum atomic E-state index is 12.0. The van der Waals surface area contributed by atoms with Gasteiger partial charge in [-0.25, -0.2) is 0 Å². The molecule has 2 aliphatic heterocycles. The maximum absolute atomic E-state index is 12.0. The molecular weight excluding hydrogens is 414 g/mol. The molecule has 9 N–H and O–H groups in total. The lowest BCUT2D eigenvalue weighted by atomic mass is 9.93. The molecule has 0 aliphatic carbocycles. The zero-order chi connectivity index (χ0) is 22.8. The molecule has 2 rings (SSSR count). The minimum absolute atomic E-state index is 0.542. The van der Waals surface area contributed by atoms with Crippen molar-refractivity contribution in [3.8, 4) is 0 Å². The van der Waals surface area contributed by atoms with Crippen LogP contribution in [0.3, 0.4) is 0 Å². The van der Waals surface area contributed by atoms with E-state index in [1.165, 1.54) is 0 Å². The first kappa shape index (κ1) is 25.0. The van der Waals surface area contributed by atoms with Crippen molar-refractivity contribution < 1.29 is 64.7 Å². The Morgan fingerprint density at radius 3 is 2.17 bits per heavy atom. The molecule has 0 radical (unpaired) electrons. The van der Waals surface area contributed by atoms with E-state index in [1.807, 2.05) is 0 Å². The normalized spacial score (nSPS) is 44.5. The van der Waals surface area contributed by atoms with Gasteiger partial charge in [0.1, 0.15) is 48.5 Å². The van der Waals surface area contributed by atoms with Crippen LogP contribution < -0.4 is 5.32 Å². The highest BCUT2D eigenvalue weighted by atomic mass is 16.7. The van der Waals surface area contributed by atoms with Crippen molar-refractivity contribution in [1.82, 2.24) is 5.32 Å². The summed E-state index contributed by atoms with van der Waals surface area (Å²) in [5.74, 6) is -1.51. The highest BCUT2D eigenvalue weighted by molar-refractivity contribution is 5.97. The summed E-state index contributed by atoms with van der Waals surface area (Å²) >= 11 is 0. The summed E-state index contributed by atoms with van der Waals surface area (Å²) in [6.07, 6.45) is -17.1. The fourth-order valence-electron chi connectivity index (χ4n) is 3.25. The van der Waals surface area contributed by atoms with E-state index in [0.29, 0.717) is 0 Å². The monoisotopic (exact) mass is 441 g/mol. The molecule has 0 spiro atoms. The Labute approximate surface area is 170 Å². The molecule has 1 amide bonds. The van der Waals surface area contributed by atoms with Gasteiger partial charge in [0.25, 0.3) is 0 Å². The van der Waals surface area contributed by atoms with Crippen LogP contribution >= 0.6 is 0 Å². The smallest absolute Gasteiger partial charge is 0.229 e. The predicted molar refractivity (Wildman–Crippen MR) is 91.0 cm³/mol. The molecule has 2 fully saturated rings. The lowest BCUT2D eigenvalue weighted by molar-refractivity contribution is -0.378. The number of aliphatic hydroxyl groups is 8. The number of nitrogens with one attached hydrogen (secondary N) is 1. The number of aliphatic hydroxyl groups excluding tert-OH is 8. The Kier molecular flexibility index (Phi) is 8.22. The van der Waals surface area contributed by atoms with Crippen LogP contribution in [-0.4, -0.2) is 127 Å². The number of ether oxygens (including phenoxy) is 3. The molecule has 2 aliphatic rings.